The molecule has 126 valence electrons. The highest BCUT2D eigenvalue weighted by Gasteiger charge is 2.16. The molecule has 6 nitrogen and oxygen atoms in total. The van der Waals surface area contributed by atoms with E-state index in [1.807, 2.05) is 12.1 Å². The fraction of sp³-hybridized carbons (Fsp3) is 0.250. The second-order valence-electron chi connectivity index (χ2n) is 5.22. The minimum atomic E-state index is -1.11. The van der Waals surface area contributed by atoms with Crippen LogP contribution in [-0.4, -0.2) is 48.9 Å². The standard InChI is InChI=1S/C16H17N3O3S2/c1-23(20)8-7-22-15-9-11(24(2)21)3-4-12(15)16-18-13-5-6-17-10-14(13)19-16/h3-6,9-10H,7-8H2,1-2H3,(H,18,19). The number of aromatic nitrogens is 3. The smallest absolute Gasteiger partial charge is 0.156 e. The Morgan fingerprint density at radius 2 is 2.04 bits per heavy atom. The average molecular weight is 363 g/mol. The summed E-state index contributed by atoms with van der Waals surface area (Å²) in [5.74, 6) is 1.65. The molecule has 2 atom stereocenters. The molecule has 0 spiro atoms. The first-order valence-electron chi connectivity index (χ1n) is 7.25. The number of imidazole rings is 1. The van der Waals surface area contributed by atoms with Crippen LogP contribution >= 0.6 is 0 Å². The Kier molecular flexibility index (Phi) is 5.30. The van der Waals surface area contributed by atoms with Gasteiger partial charge >= 0.3 is 0 Å². The Morgan fingerprint density at radius 1 is 1.21 bits per heavy atom. The van der Waals surface area contributed by atoms with Crippen LogP contribution in [0.2, 0.25) is 0 Å². The van der Waals surface area contributed by atoms with Gasteiger partial charge in [-0.05, 0) is 29.4 Å². The van der Waals surface area contributed by atoms with Crippen LogP contribution in [0.1, 0.15) is 0 Å². The molecule has 0 amide bonds. The van der Waals surface area contributed by atoms with Crippen molar-refractivity contribution in [1.82, 2.24) is 15.0 Å². The largest absolute Gasteiger partial charge is 0.616 e. The van der Waals surface area contributed by atoms with Crippen LogP contribution in [0, 0.1) is 0 Å². The van der Waals surface area contributed by atoms with E-state index in [2.05, 4.69) is 15.0 Å². The van der Waals surface area contributed by atoms with Gasteiger partial charge < -0.3 is 18.8 Å². The number of rotatable bonds is 6. The monoisotopic (exact) mass is 363 g/mol. The molecule has 3 aromatic rings. The number of hydrogen-bond donors (Lipinski definition) is 1. The summed E-state index contributed by atoms with van der Waals surface area (Å²) in [7, 11) is 0. The van der Waals surface area contributed by atoms with Crippen molar-refractivity contribution in [3.8, 4) is 17.1 Å². The van der Waals surface area contributed by atoms with Crippen LogP contribution in [0.15, 0.2) is 41.6 Å². The minimum absolute atomic E-state index is 0.317. The van der Waals surface area contributed by atoms with E-state index in [4.69, 9.17) is 4.74 Å². The van der Waals surface area contributed by atoms with Crippen LogP contribution in [0.4, 0.5) is 0 Å². The van der Waals surface area contributed by atoms with Gasteiger partial charge in [-0.25, -0.2) is 4.98 Å². The van der Waals surface area contributed by atoms with Gasteiger partial charge in [0.15, 0.2) is 4.90 Å². The maximum Gasteiger partial charge on any atom is 0.156 e. The normalized spacial score (nSPS) is 13.8. The summed E-state index contributed by atoms with van der Waals surface area (Å²) in [4.78, 5) is 12.5. The Bertz CT molecular complexity index is 803. The number of nitrogens with one attached hydrogen (secondary N) is 1. The minimum Gasteiger partial charge on any atom is -0.616 e. The molecule has 24 heavy (non-hydrogen) atoms. The van der Waals surface area contributed by atoms with Gasteiger partial charge in [-0.1, -0.05) is 11.2 Å². The van der Waals surface area contributed by atoms with Gasteiger partial charge in [-0.3, -0.25) is 4.98 Å². The number of pyridine rings is 1. The molecule has 0 aliphatic heterocycles. The molecule has 1 aromatic carbocycles. The second kappa shape index (κ2) is 7.43. The van der Waals surface area contributed by atoms with Gasteiger partial charge in [0.2, 0.25) is 0 Å². The number of H-pyrrole nitrogens is 1. The summed E-state index contributed by atoms with van der Waals surface area (Å²) in [5.41, 5.74) is 2.40. The lowest BCUT2D eigenvalue weighted by atomic mass is 10.2. The summed E-state index contributed by atoms with van der Waals surface area (Å²) in [5, 5.41) is 0. The zero-order valence-corrected chi connectivity index (χ0v) is 14.9. The maximum atomic E-state index is 11.7. The molecule has 0 radical (unpaired) electrons. The third kappa shape index (κ3) is 3.84. The lowest BCUT2D eigenvalue weighted by molar-refractivity contribution is 0.341. The number of benzene rings is 1. The van der Waals surface area contributed by atoms with Crippen LogP contribution < -0.4 is 4.74 Å². The molecule has 3 rings (SSSR count). The van der Waals surface area contributed by atoms with E-state index in [-0.39, 0.29) is 0 Å². The Labute approximate surface area is 146 Å². The van der Waals surface area contributed by atoms with Gasteiger partial charge in [-0.2, -0.15) is 0 Å². The molecular formula is C16H17N3O3S2. The van der Waals surface area contributed by atoms with Crippen molar-refractivity contribution in [2.45, 2.75) is 4.90 Å². The van der Waals surface area contributed by atoms with Crippen molar-refractivity contribution < 1.29 is 13.8 Å². The third-order valence-corrected chi connectivity index (χ3v) is 5.11. The van der Waals surface area contributed by atoms with Crippen LogP contribution in [0.3, 0.4) is 0 Å². The van der Waals surface area contributed by atoms with Crippen molar-refractivity contribution in [3.63, 3.8) is 0 Å². The fourth-order valence-electron chi connectivity index (χ4n) is 2.25. The Hall–Kier alpha value is -1.74. The first kappa shape index (κ1) is 17.1. The fourth-order valence-corrected chi connectivity index (χ4v) is 3.10. The van der Waals surface area contributed by atoms with E-state index in [1.165, 1.54) is 0 Å². The number of hydrogen-bond acceptors (Lipinski definition) is 5. The van der Waals surface area contributed by atoms with Crippen LogP contribution in [-0.2, 0) is 22.4 Å². The van der Waals surface area contributed by atoms with Crippen LogP contribution in [0.25, 0.3) is 22.4 Å². The summed E-state index contributed by atoms with van der Waals surface area (Å²) >= 11 is -2.05. The highest BCUT2D eigenvalue weighted by molar-refractivity contribution is 7.90. The molecule has 0 saturated heterocycles. The van der Waals surface area contributed by atoms with E-state index in [1.54, 1.807) is 37.0 Å². The number of fused-ring (bicyclic) bond motifs is 1. The second-order valence-corrected chi connectivity index (χ2v) is 8.15. The molecule has 0 aliphatic carbocycles. The van der Waals surface area contributed by atoms with E-state index < -0.39 is 22.4 Å². The van der Waals surface area contributed by atoms with Crippen LogP contribution in [0.5, 0.6) is 5.75 Å². The van der Waals surface area contributed by atoms with Gasteiger partial charge in [-0.15, -0.1) is 0 Å². The molecule has 2 heterocycles. The van der Waals surface area contributed by atoms with E-state index >= 15 is 0 Å². The average Bonchev–Trinajstić information content (AvgIpc) is 2.98. The predicted molar refractivity (Wildman–Crippen MR) is 96.1 cm³/mol. The SMILES string of the molecule is C[S+]([O-])CCOc1cc([S+](C)[O-])ccc1-c1nc2cnccc2[nH]1. The molecular weight excluding hydrogens is 346 g/mol. The van der Waals surface area contributed by atoms with Gasteiger partial charge in [0.05, 0.1) is 23.5 Å². The van der Waals surface area contributed by atoms with Crippen molar-refractivity contribution in [3.05, 3.63) is 36.7 Å². The van der Waals surface area contributed by atoms with Crippen molar-refractivity contribution >= 4 is 33.4 Å². The summed E-state index contributed by atoms with van der Waals surface area (Å²) < 4.78 is 28.8. The molecule has 0 fully saturated rings. The molecule has 0 bridgehead atoms. The number of aromatic amines is 1. The van der Waals surface area contributed by atoms with Gasteiger partial charge in [0, 0.05) is 12.3 Å². The molecule has 0 saturated carbocycles. The Balaban J connectivity index is 1.98. The van der Waals surface area contributed by atoms with E-state index in [9.17, 15) is 9.11 Å². The zero-order valence-electron chi connectivity index (χ0n) is 13.3. The molecule has 2 aromatic heterocycles. The highest BCUT2D eigenvalue weighted by atomic mass is 32.2. The van der Waals surface area contributed by atoms with E-state index in [0.29, 0.717) is 28.8 Å². The summed E-state index contributed by atoms with van der Waals surface area (Å²) in [6, 6.07) is 7.22. The molecule has 0 aliphatic rings. The summed E-state index contributed by atoms with van der Waals surface area (Å²) in [6.45, 7) is 0.317. The zero-order chi connectivity index (χ0) is 17.1. The van der Waals surface area contributed by atoms with Crippen molar-refractivity contribution in [2.75, 3.05) is 24.9 Å². The molecule has 8 heteroatoms. The van der Waals surface area contributed by atoms with E-state index in [0.717, 1.165) is 16.6 Å². The van der Waals surface area contributed by atoms with Gasteiger partial charge in [0.1, 0.15) is 35.7 Å². The van der Waals surface area contributed by atoms with Crippen molar-refractivity contribution in [1.29, 1.82) is 0 Å². The number of nitrogens with zero attached hydrogens (tertiary/aromatic N) is 2. The highest BCUT2D eigenvalue weighted by Crippen LogP contribution is 2.31. The Morgan fingerprint density at radius 3 is 2.75 bits per heavy atom. The lowest BCUT2D eigenvalue weighted by Gasteiger charge is -2.13. The lowest BCUT2D eigenvalue weighted by Crippen LogP contribution is -2.12. The predicted octanol–water partition coefficient (Wildman–Crippen LogP) is 2.12. The third-order valence-electron chi connectivity index (χ3n) is 3.45. The topological polar surface area (TPSA) is 96.9 Å². The quantitative estimate of drug-likeness (QED) is 0.677. The number of ether oxygens (including phenoxy) is 1. The van der Waals surface area contributed by atoms with Crippen molar-refractivity contribution in [2.24, 2.45) is 0 Å². The molecule has 2 unspecified atom stereocenters. The summed E-state index contributed by atoms with van der Waals surface area (Å²) in [6.07, 6.45) is 6.63. The first-order chi connectivity index (χ1) is 11.5. The maximum absolute atomic E-state index is 11.7. The van der Waals surface area contributed by atoms with Gasteiger partial charge in [0.25, 0.3) is 0 Å². The first-order valence-corrected chi connectivity index (χ1v) is 10.5. The molecule has 1 N–H and O–H groups in total.